The molecule has 0 aliphatic rings. The molecular weight excluding hydrogens is 262 g/mol. The van der Waals surface area contributed by atoms with Crippen molar-refractivity contribution in [2.75, 3.05) is 32.6 Å². The number of hydrogen-bond acceptors (Lipinski definition) is 3. The molecular formula is C13H23N3S2. The second-order valence-electron chi connectivity index (χ2n) is 4.16. The molecule has 0 saturated carbocycles. The summed E-state index contributed by atoms with van der Waals surface area (Å²) in [6.07, 6.45) is 4.62. The topological polar surface area (TPSA) is 27.6 Å². The Morgan fingerprint density at radius 3 is 2.94 bits per heavy atom. The molecule has 1 aromatic heterocycles. The van der Waals surface area contributed by atoms with Gasteiger partial charge in [0, 0.05) is 27.2 Å². The lowest BCUT2D eigenvalue weighted by molar-refractivity contribution is 0.476. The van der Waals surface area contributed by atoms with Gasteiger partial charge in [-0.05, 0) is 47.2 Å². The summed E-state index contributed by atoms with van der Waals surface area (Å²) in [5.41, 5.74) is 1.34. The van der Waals surface area contributed by atoms with Crippen LogP contribution in [0.1, 0.15) is 18.4 Å². The van der Waals surface area contributed by atoms with E-state index >= 15 is 0 Å². The van der Waals surface area contributed by atoms with Gasteiger partial charge in [0.25, 0.3) is 0 Å². The van der Waals surface area contributed by atoms with Crippen LogP contribution in [0.25, 0.3) is 0 Å². The van der Waals surface area contributed by atoms with Gasteiger partial charge in [0.2, 0.25) is 0 Å². The van der Waals surface area contributed by atoms with E-state index in [9.17, 15) is 0 Å². The Hall–Kier alpha value is -0.680. The molecule has 18 heavy (non-hydrogen) atoms. The summed E-state index contributed by atoms with van der Waals surface area (Å²) in [6, 6.07) is 2.16. The highest BCUT2D eigenvalue weighted by atomic mass is 32.2. The fourth-order valence-electron chi connectivity index (χ4n) is 1.69. The van der Waals surface area contributed by atoms with Crippen LogP contribution in [0.4, 0.5) is 0 Å². The highest BCUT2D eigenvalue weighted by molar-refractivity contribution is 7.98. The second-order valence-corrected chi connectivity index (χ2v) is 5.93. The number of thioether (sulfide) groups is 1. The maximum absolute atomic E-state index is 4.32. The van der Waals surface area contributed by atoms with Crippen LogP contribution in [-0.4, -0.2) is 43.5 Å². The third-order valence-electron chi connectivity index (χ3n) is 2.63. The lowest BCUT2D eigenvalue weighted by Gasteiger charge is -2.21. The predicted molar refractivity (Wildman–Crippen MR) is 84.8 cm³/mol. The molecule has 1 aromatic rings. The summed E-state index contributed by atoms with van der Waals surface area (Å²) < 4.78 is 0. The van der Waals surface area contributed by atoms with E-state index in [-0.39, 0.29) is 0 Å². The van der Waals surface area contributed by atoms with Gasteiger partial charge in [0.15, 0.2) is 5.96 Å². The minimum atomic E-state index is 0.911. The second kappa shape index (κ2) is 9.28. The quantitative estimate of drug-likeness (QED) is 0.474. The number of unbranched alkanes of at least 4 members (excludes halogenated alkanes) is 1. The van der Waals surface area contributed by atoms with Crippen molar-refractivity contribution in [3.05, 3.63) is 22.4 Å². The first-order valence-corrected chi connectivity index (χ1v) is 8.53. The Balaban J connectivity index is 2.27. The first-order chi connectivity index (χ1) is 8.77. The summed E-state index contributed by atoms with van der Waals surface area (Å²) in [4.78, 5) is 6.48. The van der Waals surface area contributed by atoms with Crippen LogP contribution in [0.15, 0.2) is 21.8 Å². The summed E-state index contributed by atoms with van der Waals surface area (Å²) in [7, 11) is 3.92. The van der Waals surface area contributed by atoms with E-state index in [0.717, 1.165) is 19.0 Å². The van der Waals surface area contributed by atoms with Crippen molar-refractivity contribution in [2.45, 2.75) is 19.4 Å². The van der Waals surface area contributed by atoms with Gasteiger partial charge in [0.1, 0.15) is 0 Å². The minimum Gasteiger partial charge on any atom is -0.356 e. The lowest BCUT2D eigenvalue weighted by Crippen LogP contribution is -2.38. The standard InChI is InChI=1S/C13H23N3S2/c1-14-13(15-7-4-5-8-17-3)16(2)10-12-6-9-18-11-12/h6,9,11H,4-5,7-8,10H2,1-3H3,(H,14,15). The fraction of sp³-hybridized carbons (Fsp3) is 0.615. The number of hydrogen-bond donors (Lipinski definition) is 1. The SMILES string of the molecule is CN=C(NCCCCSC)N(C)Cc1ccsc1. The van der Waals surface area contributed by atoms with Crippen LogP contribution in [0, 0.1) is 0 Å². The highest BCUT2D eigenvalue weighted by Gasteiger charge is 2.05. The van der Waals surface area contributed by atoms with Crippen molar-refractivity contribution in [3.8, 4) is 0 Å². The minimum absolute atomic E-state index is 0.911. The monoisotopic (exact) mass is 285 g/mol. The van der Waals surface area contributed by atoms with Crippen molar-refractivity contribution in [3.63, 3.8) is 0 Å². The molecule has 0 spiro atoms. The van der Waals surface area contributed by atoms with E-state index in [1.54, 1.807) is 11.3 Å². The van der Waals surface area contributed by atoms with Crippen molar-refractivity contribution < 1.29 is 0 Å². The number of rotatable bonds is 7. The molecule has 0 unspecified atom stereocenters. The van der Waals surface area contributed by atoms with Gasteiger partial charge in [-0.2, -0.15) is 23.1 Å². The van der Waals surface area contributed by atoms with Gasteiger partial charge in [-0.25, -0.2) is 0 Å². The number of nitrogens with one attached hydrogen (secondary N) is 1. The summed E-state index contributed by atoms with van der Waals surface area (Å²) in [5.74, 6) is 2.22. The van der Waals surface area contributed by atoms with E-state index in [2.05, 4.69) is 45.3 Å². The Bertz CT molecular complexity index is 336. The van der Waals surface area contributed by atoms with Gasteiger partial charge in [-0.3, -0.25) is 4.99 Å². The van der Waals surface area contributed by atoms with Crippen LogP contribution in [-0.2, 0) is 6.54 Å². The summed E-state index contributed by atoms with van der Waals surface area (Å²) in [6.45, 7) is 1.91. The van der Waals surface area contributed by atoms with Crippen LogP contribution >= 0.6 is 23.1 Å². The van der Waals surface area contributed by atoms with Crippen LogP contribution in [0.3, 0.4) is 0 Å². The summed E-state index contributed by atoms with van der Waals surface area (Å²) in [5, 5.41) is 7.71. The molecule has 102 valence electrons. The van der Waals surface area contributed by atoms with Gasteiger partial charge < -0.3 is 10.2 Å². The zero-order valence-electron chi connectivity index (χ0n) is 11.5. The van der Waals surface area contributed by atoms with Gasteiger partial charge in [-0.1, -0.05) is 0 Å². The van der Waals surface area contributed by atoms with E-state index in [1.807, 2.05) is 18.8 Å². The molecule has 0 saturated heterocycles. The van der Waals surface area contributed by atoms with E-state index < -0.39 is 0 Å². The Morgan fingerprint density at radius 2 is 2.33 bits per heavy atom. The number of nitrogens with zero attached hydrogens (tertiary/aromatic N) is 2. The molecule has 0 atom stereocenters. The number of thiophene rings is 1. The molecule has 0 aliphatic heterocycles. The van der Waals surface area contributed by atoms with Crippen LogP contribution in [0.5, 0.6) is 0 Å². The average Bonchev–Trinajstić information content (AvgIpc) is 2.86. The van der Waals surface area contributed by atoms with Crippen molar-refractivity contribution in [1.29, 1.82) is 0 Å². The molecule has 0 fully saturated rings. The van der Waals surface area contributed by atoms with Crippen LogP contribution in [0.2, 0.25) is 0 Å². The maximum Gasteiger partial charge on any atom is 0.193 e. The highest BCUT2D eigenvalue weighted by Crippen LogP contribution is 2.08. The first kappa shape index (κ1) is 15.4. The molecule has 0 aromatic carbocycles. The normalized spacial score (nSPS) is 11.6. The van der Waals surface area contributed by atoms with Gasteiger partial charge in [0.05, 0.1) is 0 Å². The molecule has 0 aliphatic carbocycles. The third kappa shape index (κ3) is 5.78. The largest absolute Gasteiger partial charge is 0.356 e. The molecule has 0 amide bonds. The smallest absolute Gasteiger partial charge is 0.193 e. The van der Waals surface area contributed by atoms with E-state index in [1.165, 1.54) is 24.2 Å². The first-order valence-electron chi connectivity index (χ1n) is 6.19. The zero-order valence-corrected chi connectivity index (χ0v) is 13.1. The van der Waals surface area contributed by atoms with Crippen molar-refractivity contribution in [1.82, 2.24) is 10.2 Å². The Morgan fingerprint density at radius 1 is 1.50 bits per heavy atom. The molecule has 0 radical (unpaired) electrons. The fourth-order valence-corrected chi connectivity index (χ4v) is 2.84. The molecule has 0 bridgehead atoms. The summed E-state index contributed by atoms with van der Waals surface area (Å²) >= 11 is 3.65. The molecule has 1 N–H and O–H groups in total. The van der Waals surface area contributed by atoms with Crippen molar-refractivity contribution in [2.24, 2.45) is 4.99 Å². The maximum atomic E-state index is 4.32. The zero-order chi connectivity index (χ0) is 13.2. The Labute approximate surface area is 119 Å². The molecule has 1 rings (SSSR count). The van der Waals surface area contributed by atoms with Crippen LogP contribution < -0.4 is 5.32 Å². The third-order valence-corrected chi connectivity index (χ3v) is 4.06. The van der Waals surface area contributed by atoms with Crippen molar-refractivity contribution >= 4 is 29.1 Å². The molecule has 1 heterocycles. The number of guanidine groups is 1. The van der Waals surface area contributed by atoms with Gasteiger partial charge in [-0.15, -0.1) is 0 Å². The molecule has 3 nitrogen and oxygen atoms in total. The van der Waals surface area contributed by atoms with E-state index in [4.69, 9.17) is 0 Å². The predicted octanol–water partition coefficient (Wildman–Crippen LogP) is 2.90. The van der Waals surface area contributed by atoms with Gasteiger partial charge >= 0.3 is 0 Å². The average molecular weight is 285 g/mol. The number of aliphatic imine (C=N–C) groups is 1. The van der Waals surface area contributed by atoms with E-state index in [0.29, 0.717) is 0 Å². The lowest BCUT2D eigenvalue weighted by atomic mass is 10.3. The Kier molecular flexibility index (Phi) is 7.93. The molecule has 5 heteroatoms.